The van der Waals surface area contributed by atoms with Gasteiger partial charge in [-0.05, 0) is 31.4 Å². The number of ether oxygens (including phenoxy) is 1. The van der Waals surface area contributed by atoms with Gasteiger partial charge < -0.3 is 25.6 Å². The highest BCUT2D eigenvalue weighted by Gasteiger charge is 2.21. The Labute approximate surface area is 126 Å². The lowest BCUT2D eigenvalue weighted by atomic mass is 9.99. The smallest absolute Gasteiger partial charge is 0.123 e. The van der Waals surface area contributed by atoms with Crippen LogP contribution in [0.15, 0.2) is 24.3 Å². The summed E-state index contributed by atoms with van der Waals surface area (Å²) < 4.78 is 5.68. The zero-order valence-electron chi connectivity index (χ0n) is 12.4. The number of hydrogen-bond donors (Lipinski definition) is 3. The molecular weight excluding hydrogens is 268 g/mol. The summed E-state index contributed by atoms with van der Waals surface area (Å²) in [5.74, 6) is 1.08. The fraction of sp³-hybridized carbons (Fsp3) is 0.625. The van der Waals surface area contributed by atoms with Crippen LogP contribution in [-0.2, 0) is 6.54 Å². The SMILES string of the molecule is NCc1ccccc1OCC(O)CN1CCCC(CO)C1. The van der Waals surface area contributed by atoms with Gasteiger partial charge in [0.05, 0.1) is 0 Å². The zero-order chi connectivity index (χ0) is 15.1. The summed E-state index contributed by atoms with van der Waals surface area (Å²) in [4.78, 5) is 2.20. The van der Waals surface area contributed by atoms with Crippen molar-refractivity contribution in [3.8, 4) is 5.75 Å². The van der Waals surface area contributed by atoms with E-state index in [9.17, 15) is 10.2 Å². The summed E-state index contributed by atoms with van der Waals surface area (Å²) in [5, 5.41) is 19.4. The van der Waals surface area contributed by atoms with Crippen molar-refractivity contribution in [2.24, 2.45) is 11.7 Å². The highest BCUT2D eigenvalue weighted by molar-refractivity contribution is 5.32. The van der Waals surface area contributed by atoms with Gasteiger partial charge in [0.1, 0.15) is 18.5 Å². The van der Waals surface area contributed by atoms with E-state index in [4.69, 9.17) is 10.5 Å². The first-order valence-electron chi connectivity index (χ1n) is 7.65. The minimum Gasteiger partial charge on any atom is -0.491 e. The predicted molar refractivity (Wildman–Crippen MR) is 82.1 cm³/mol. The standard InChI is InChI=1S/C16H26N2O3/c17-8-14-5-1-2-6-16(14)21-12-15(20)10-18-7-3-4-13(9-18)11-19/h1-2,5-6,13,15,19-20H,3-4,7-12,17H2. The van der Waals surface area contributed by atoms with Gasteiger partial charge in [0.2, 0.25) is 0 Å². The second kappa shape index (κ2) is 8.34. The Hall–Kier alpha value is -1.14. The highest BCUT2D eigenvalue weighted by Crippen LogP contribution is 2.18. The van der Waals surface area contributed by atoms with Gasteiger partial charge in [-0.1, -0.05) is 18.2 Å². The van der Waals surface area contributed by atoms with Gasteiger partial charge in [-0.2, -0.15) is 0 Å². The third-order valence-electron chi connectivity index (χ3n) is 3.95. The summed E-state index contributed by atoms with van der Waals surface area (Å²) in [7, 11) is 0. The maximum Gasteiger partial charge on any atom is 0.123 e. The van der Waals surface area contributed by atoms with Crippen molar-refractivity contribution in [3.05, 3.63) is 29.8 Å². The largest absolute Gasteiger partial charge is 0.491 e. The van der Waals surface area contributed by atoms with Gasteiger partial charge >= 0.3 is 0 Å². The topological polar surface area (TPSA) is 79.0 Å². The van der Waals surface area contributed by atoms with E-state index in [0.29, 0.717) is 19.0 Å². The lowest BCUT2D eigenvalue weighted by molar-refractivity contribution is 0.0429. The molecule has 0 saturated carbocycles. The lowest BCUT2D eigenvalue weighted by Crippen LogP contribution is -2.42. The summed E-state index contributed by atoms with van der Waals surface area (Å²) in [6, 6.07) is 7.63. The molecule has 118 valence electrons. The zero-order valence-corrected chi connectivity index (χ0v) is 12.4. The number of nitrogens with zero attached hydrogens (tertiary/aromatic N) is 1. The van der Waals surface area contributed by atoms with Crippen molar-refractivity contribution < 1.29 is 14.9 Å². The van der Waals surface area contributed by atoms with Crippen LogP contribution < -0.4 is 10.5 Å². The first-order valence-corrected chi connectivity index (χ1v) is 7.65. The van der Waals surface area contributed by atoms with Crippen LogP contribution in [0.1, 0.15) is 18.4 Å². The summed E-state index contributed by atoms with van der Waals surface area (Å²) in [6.45, 7) is 3.34. The average molecular weight is 294 g/mol. The van der Waals surface area contributed by atoms with E-state index in [1.807, 2.05) is 24.3 Å². The number of piperidine rings is 1. The van der Waals surface area contributed by atoms with Crippen molar-refractivity contribution in [3.63, 3.8) is 0 Å². The maximum atomic E-state index is 10.1. The van der Waals surface area contributed by atoms with E-state index >= 15 is 0 Å². The molecule has 2 unspecified atom stereocenters. The second-order valence-corrected chi connectivity index (χ2v) is 5.73. The summed E-state index contributed by atoms with van der Waals surface area (Å²) in [5.41, 5.74) is 6.61. The molecule has 1 fully saturated rings. The van der Waals surface area contributed by atoms with Crippen molar-refractivity contribution in [2.45, 2.75) is 25.5 Å². The Kier molecular flexibility index (Phi) is 6.45. The van der Waals surface area contributed by atoms with Crippen LogP contribution in [0, 0.1) is 5.92 Å². The normalized spacial score (nSPS) is 21.2. The minimum atomic E-state index is -0.534. The van der Waals surface area contributed by atoms with Gasteiger partial charge in [-0.25, -0.2) is 0 Å². The number of aliphatic hydroxyl groups excluding tert-OH is 2. The van der Waals surface area contributed by atoms with Crippen molar-refractivity contribution >= 4 is 0 Å². The van der Waals surface area contributed by atoms with Gasteiger partial charge in [0.25, 0.3) is 0 Å². The molecule has 1 aromatic carbocycles. The second-order valence-electron chi connectivity index (χ2n) is 5.73. The third kappa shape index (κ3) is 4.97. The van der Waals surface area contributed by atoms with Crippen LogP contribution >= 0.6 is 0 Å². The molecule has 21 heavy (non-hydrogen) atoms. The van der Waals surface area contributed by atoms with E-state index in [0.717, 1.165) is 37.2 Å². The average Bonchev–Trinajstić information content (AvgIpc) is 2.53. The van der Waals surface area contributed by atoms with Crippen LogP contribution in [0.4, 0.5) is 0 Å². The Morgan fingerprint density at radius 1 is 1.38 bits per heavy atom. The number of rotatable bonds is 7. The molecule has 0 spiro atoms. The molecule has 1 aromatic rings. The number of para-hydroxylation sites is 1. The molecule has 0 amide bonds. The minimum absolute atomic E-state index is 0.229. The number of aliphatic hydroxyl groups is 2. The van der Waals surface area contributed by atoms with Crippen LogP contribution in [0.2, 0.25) is 0 Å². The van der Waals surface area contributed by atoms with Gasteiger partial charge in [0, 0.05) is 31.8 Å². The third-order valence-corrected chi connectivity index (χ3v) is 3.95. The highest BCUT2D eigenvalue weighted by atomic mass is 16.5. The Balaban J connectivity index is 1.78. The van der Waals surface area contributed by atoms with Gasteiger partial charge in [-0.3, -0.25) is 0 Å². The fourth-order valence-electron chi connectivity index (χ4n) is 2.82. The molecule has 4 N–H and O–H groups in total. The van der Waals surface area contributed by atoms with Gasteiger partial charge in [0.15, 0.2) is 0 Å². The molecule has 0 aliphatic carbocycles. The van der Waals surface area contributed by atoms with E-state index in [-0.39, 0.29) is 13.2 Å². The molecule has 1 saturated heterocycles. The molecule has 0 radical (unpaired) electrons. The molecular formula is C16H26N2O3. The summed E-state index contributed by atoms with van der Waals surface area (Å²) >= 11 is 0. The first kappa shape index (κ1) is 16.2. The van der Waals surface area contributed by atoms with Crippen molar-refractivity contribution in [2.75, 3.05) is 32.8 Å². The lowest BCUT2D eigenvalue weighted by Gasteiger charge is -2.33. The van der Waals surface area contributed by atoms with Crippen molar-refractivity contribution in [1.82, 2.24) is 4.90 Å². The Morgan fingerprint density at radius 3 is 2.95 bits per heavy atom. The quantitative estimate of drug-likeness (QED) is 0.686. The first-order chi connectivity index (χ1) is 10.2. The van der Waals surface area contributed by atoms with Gasteiger partial charge in [-0.15, -0.1) is 0 Å². The number of likely N-dealkylation sites (tertiary alicyclic amines) is 1. The summed E-state index contributed by atoms with van der Waals surface area (Å²) in [6.07, 6.45) is 1.62. The predicted octanol–water partition coefficient (Wildman–Crippen LogP) is 0.589. The van der Waals surface area contributed by atoms with E-state index in [1.54, 1.807) is 0 Å². The number of benzene rings is 1. The molecule has 2 atom stereocenters. The number of β-amino-alcohol motifs (C(OH)–C–C–N with tert-alkyl or cyclic N) is 1. The van der Waals surface area contributed by atoms with E-state index in [2.05, 4.69) is 4.90 Å². The van der Waals surface area contributed by atoms with E-state index < -0.39 is 6.10 Å². The number of nitrogens with two attached hydrogens (primary N) is 1. The molecule has 0 bridgehead atoms. The molecule has 5 heteroatoms. The number of hydrogen-bond acceptors (Lipinski definition) is 5. The molecule has 5 nitrogen and oxygen atoms in total. The van der Waals surface area contributed by atoms with Crippen molar-refractivity contribution in [1.29, 1.82) is 0 Å². The van der Waals surface area contributed by atoms with Crippen LogP contribution in [0.25, 0.3) is 0 Å². The monoisotopic (exact) mass is 294 g/mol. The van der Waals surface area contributed by atoms with Crippen LogP contribution in [0.5, 0.6) is 5.75 Å². The molecule has 1 aliphatic rings. The van der Waals surface area contributed by atoms with Crippen LogP contribution in [0.3, 0.4) is 0 Å². The fourth-order valence-corrected chi connectivity index (χ4v) is 2.82. The Bertz CT molecular complexity index is 428. The molecule has 1 aliphatic heterocycles. The molecule has 1 heterocycles. The van der Waals surface area contributed by atoms with E-state index in [1.165, 1.54) is 0 Å². The molecule has 0 aromatic heterocycles. The maximum absolute atomic E-state index is 10.1. The van der Waals surface area contributed by atoms with Crippen LogP contribution in [-0.4, -0.2) is 54.1 Å². The Morgan fingerprint density at radius 2 is 2.19 bits per heavy atom. The molecule has 2 rings (SSSR count).